The average Bonchev–Trinajstić information content (AvgIpc) is 2.56. The van der Waals surface area contributed by atoms with Gasteiger partial charge in [0.1, 0.15) is 0 Å². The highest BCUT2D eigenvalue weighted by atomic mass is 16.4. The minimum atomic E-state index is -1.17. The number of aromatic nitrogens is 2. The van der Waals surface area contributed by atoms with Crippen molar-refractivity contribution in [3.8, 4) is 0 Å². The molecule has 1 aromatic heterocycles. The lowest BCUT2D eigenvalue weighted by Crippen LogP contribution is -2.19. The van der Waals surface area contributed by atoms with Crippen LogP contribution in [-0.4, -0.2) is 33.8 Å². The van der Waals surface area contributed by atoms with Gasteiger partial charge in [-0.2, -0.15) is 5.10 Å². The Morgan fingerprint density at radius 3 is 2.80 bits per heavy atom. The van der Waals surface area contributed by atoms with E-state index >= 15 is 0 Å². The van der Waals surface area contributed by atoms with Gasteiger partial charge in [0.25, 0.3) is 0 Å². The summed E-state index contributed by atoms with van der Waals surface area (Å²) in [5.74, 6) is -1.31. The summed E-state index contributed by atoms with van der Waals surface area (Å²) in [6.07, 6.45) is 1.63. The van der Waals surface area contributed by atoms with E-state index in [2.05, 4.69) is 10.4 Å². The highest BCUT2D eigenvalue weighted by Crippen LogP contribution is 2.08. The van der Waals surface area contributed by atoms with E-state index < -0.39 is 5.97 Å². The number of rotatable bonds is 4. The third-order valence-corrected chi connectivity index (χ3v) is 1.84. The molecule has 0 saturated heterocycles. The second-order valence-electron chi connectivity index (χ2n) is 2.92. The lowest BCUT2D eigenvalue weighted by atomic mass is 10.4. The zero-order valence-electron chi connectivity index (χ0n) is 8.23. The van der Waals surface area contributed by atoms with Crippen molar-refractivity contribution in [3.63, 3.8) is 0 Å². The second-order valence-corrected chi connectivity index (χ2v) is 2.92. The summed E-state index contributed by atoms with van der Waals surface area (Å²) in [4.78, 5) is 21.5. The molecule has 0 aliphatic rings. The van der Waals surface area contributed by atoms with Crippen LogP contribution in [-0.2, 0) is 11.3 Å². The molecule has 1 aromatic rings. The predicted molar refractivity (Wildman–Crippen MR) is 52.3 cm³/mol. The monoisotopic (exact) mass is 212 g/mol. The van der Waals surface area contributed by atoms with Gasteiger partial charge in [0.05, 0.1) is 5.69 Å². The van der Waals surface area contributed by atoms with E-state index in [1.54, 1.807) is 0 Å². The maximum absolute atomic E-state index is 10.9. The lowest BCUT2D eigenvalue weighted by Gasteiger charge is -1.99. The quantitative estimate of drug-likeness (QED) is 0.611. The number of nitrogens with one attached hydrogen (secondary N) is 1. The van der Waals surface area contributed by atoms with Crippen molar-refractivity contribution in [1.82, 2.24) is 15.1 Å². The largest absolute Gasteiger partial charge is 0.476 e. The number of hydrogen-bond acceptors (Lipinski definition) is 4. The zero-order valence-corrected chi connectivity index (χ0v) is 8.23. The molecule has 0 radical (unpaired) electrons. The summed E-state index contributed by atoms with van der Waals surface area (Å²) in [7, 11) is 1.53. The second kappa shape index (κ2) is 4.45. The van der Waals surface area contributed by atoms with Crippen LogP contribution in [0.3, 0.4) is 0 Å². The molecule has 0 fully saturated rings. The van der Waals surface area contributed by atoms with Crippen LogP contribution in [0.1, 0.15) is 16.9 Å². The fourth-order valence-corrected chi connectivity index (χ4v) is 1.06. The van der Waals surface area contributed by atoms with E-state index in [0.717, 1.165) is 0 Å². The number of nitrogens with zero attached hydrogens (tertiary/aromatic N) is 2. The van der Waals surface area contributed by atoms with Gasteiger partial charge in [-0.05, 0) is 0 Å². The van der Waals surface area contributed by atoms with Gasteiger partial charge in [-0.15, -0.1) is 0 Å². The van der Waals surface area contributed by atoms with Crippen LogP contribution in [0.25, 0.3) is 0 Å². The molecule has 0 aliphatic heterocycles. The Labute approximate surface area is 85.9 Å². The third kappa shape index (κ3) is 2.70. The van der Waals surface area contributed by atoms with Gasteiger partial charge in [-0.3, -0.25) is 9.48 Å². The number of aromatic carboxylic acids is 1. The van der Waals surface area contributed by atoms with Crippen molar-refractivity contribution >= 4 is 17.6 Å². The van der Waals surface area contributed by atoms with E-state index in [1.165, 1.54) is 17.9 Å². The first kappa shape index (κ1) is 11.0. The van der Waals surface area contributed by atoms with Gasteiger partial charge in [-0.1, -0.05) is 0 Å². The number of amides is 1. The van der Waals surface area contributed by atoms with Gasteiger partial charge in [-0.25, -0.2) is 4.79 Å². The number of nitrogens with two attached hydrogens (primary N) is 1. The van der Waals surface area contributed by atoms with E-state index in [1.807, 2.05) is 0 Å². The molecule has 7 heteroatoms. The molecule has 1 amide bonds. The smallest absolute Gasteiger partial charge is 0.358 e. The predicted octanol–water partition coefficient (Wildman–Crippen LogP) is -0.700. The Morgan fingerprint density at radius 1 is 1.67 bits per heavy atom. The molecule has 0 bridgehead atoms. The van der Waals surface area contributed by atoms with Gasteiger partial charge >= 0.3 is 5.97 Å². The van der Waals surface area contributed by atoms with Crippen molar-refractivity contribution in [2.75, 3.05) is 12.8 Å². The number of carboxylic acid groups (broad SMARTS) is 1. The Bertz CT molecular complexity index is 385. The van der Waals surface area contributed by atoms with Crippen molar-refractivity contribution < 1.29 is 14.7 Å². The third-order valence-electron chi connectivity index (χ3n) is 1.84. The summed E-state index contributed by atoms with van der Waals surface area (Å²) in [6.45, 7) is 0.303. The number of carbonyl (C=O) groups is 2. The molecule has 0 aromatic carbocycles. The van der Waals surface area contributed by atoms with Crippen molar-refractivity contribution in [1.29, 1.82) is 0 Å². The van der Waals surface area contributed by atoms with Crippen LogP contribution in [0.2, 0.25) is 0 Å². The van der Waals surface area contributed by atoms with Crippen molar-refractivity contribution in [2.24, 2.45) is 0 Å². The van der Waals surface area contributed by atoms with Crippen LogP contribution < -0.4 is 11.1 Å². The fourth-order valence-electron chi connectivity index (χ4n) is 1.06. The first-order valence-electron chi connectivity index (χ1n) is 4.31. The molecule has 1 rings (SSSR count). The van der Waals surface area contributed by atoms with Gasteiger partial charge in [0.15, 0.2) is 5.69 Å². The van der Waals surface area contributed by atoms with Crippen LogP contribution in [0.4, 0.5) is 5.69 Å². The van der Waals surface area contributed by atoms with E-state index in [4.69, 9.17) is 10.8 Å². The van der Waals surface area contributed by atoms with E-state index in [-0.39, 0.29) is 23.7 Å². The maximum atomic E-state index is 10.9. The normalized spacial score (nSPS) is 9.93. The fraction of sp³-hybridized carbons (Fsp3) is 0.375. The van der Waals surface area contributed by atoms with Gasteiger partial charge in [0, 0.05) is 26.2 Å². The molecular formula is C8H12N4O3. The van der Waals surface area contributed by atoms with Crippen LogP contribution in [0.15, 0.2) is 6.20 Å². The summed E-state index contributed by atoms with van der Waals surface area (Å²) in [5.41, 5.74) is 5.33. The average molecular weight is 212 g/mol. The van der Waals surface area contributed by atoms with Crippen LogP contribution in [0.5, 0.6) is 0 Å². The summed E-state index contributed by atoms with van der Waals surface area (Å²) < 4.78 is 1.34. The topological polar surface area (TPSA) is 110 Å². The number of anilines is 1. The number of nitrogen functional groups attached to an aromatic ring is 1. The number of hydrogen-bond donors (Lipinski definition) is 3. The first-order chi connectivity index (χ1) is 7.04. The van der Waals surface area contributed by atoms with Gasteiger partial charge in [0.2, 0.25) is 5.91 Å². The highest BCUT2D eigenvalue weighted by molar-refractivity contribution is 5.91. The SMILES string of the molecule is CNC(=O)CCn1cc(N)c(C(=O)O)n1. The summed E-state index contributed by atoms with van der Waals surface area (Å²) >= 11 is 0. The molecular weight excluding hydrogens is 200 g/mol. The standard InChI is InChI=1S/C8H12N4O3/c1-10-6(13)2-3-12-4-5(9)7(11-12)8(14)15/h4H,2-3,9H2,1H3,(H,10,13)(H,14,15). The first-order valence-corrected chi connectivity index (χ1v) is 4.31. The number of carboxylic acids is 1. The number of carbonyl (C=O) groups excluding carboxylic acids is 1. The molecule has 0 atom stereocenters. The molecule has 1 heterocycles. The molecule has 7 nitrogen and oxygen atoms in total. The summed E-state index contributed by atoms with van der Waals surface area (Å²) in [6, 6.07) is 0. The van der Waals surface area contributed by atoms with Crippen molar-refractivity contribution in [2.45, 2.75) is 13.0 Å². The molecule has 0 aliphatic carbocycles. The zero-order chi connectivity index (χ0) is 11.4. The highest BCUT2D eigenvalue weighted by Gasteiger charge is 2.13. The Morgan fingerprint density at radius 2 is 2.33 bits per heavy atom. The minimum absolute atomic E-state index is 0.0967. The Kier molecular flexibility index (Phi) is 3.27. The lowest BCUT2D eigenvalue weighted by molar-refractivity contribution is -0.120. The number of aryl methyl sites for hydroxylation is 1. The molecule has 0 saturated carbocycles. The minimum Gasteiger partial charge on any atom is -0.476 e. The van der Waals surface area contributed by atoms with Crippen LogP contribution >= 0.6 is 0 Å². The molecule has 0 spiro atoms. The molecule has 82 valence electrons. The van der Waals surface area contributed by atoms with Crippen molar-refractivity contribution in [3.05, 3.63) is 11.9 Å². The summed E-state index contributed by atoms with van der Waals surface area (Å²) in [5, 5.41) is 14.8. The molecule has 15 heavy (non-hydrogen) atoms. The molecule has 0 unspecified atom stereocenters. The van der Waals surface area contributed by atoms with E-state index in [9.17, 15) is 9.59 Å². The Balaban J connectivity index is 2.67. The van der Waals surface area contributed by atoms with Gasteiger partial charge < -0.3 is 16.2 Å². The molecule has 4 N–H and O–H groups in total. The van der Waals surface area contributed by atoms with E-state index in [0.29, 0.717) is 6.54 Å². The van der Waals surface area contributed by atoms with Crippen LogP contribution in [0, 0.1) is 0 Å². The maximum Gasteiger partial charge on any atom is 0.358 e. The Hall–Kier alpha value is -2.05.